The number of fused-ring (bicyclic) bond motifs is 1. The highest BCUT2D eigenvalue weighted by Crippen LogP contribution is 2.31. The molecule has 4 aromatic heterocycles. The van der Waals surface area contributed by atoms with Gasteiger partial charge in [-0.3, -0.25) is 14.8 Å². The lowest BCUT2D eigenvalue weighted by atomic mass is 10.1. The minimum atomic E-state index is 0.115. The molecule has 0 aliphatic carbocycles. The molecule has 1 amide bonds. The smallest absolute Gasteiger partial charge is 0.228 e. The fraction of sp³-hybridized carbons (Fsp3) is 0.364. The Morgan fingerprint density at radius 3 is 2.82 bits per heavy atom. The minimum Gasteiger partial charge on any atom is -0.377 e. The van der Waals surface area contributed by atoms with Gasteiger partial charge in [0, 0.05) is 37.3 Å². The Bertz CT molecular complexity index is 1300. The molecule has 0 spiro atoms. The molecule has 2 saturated heterocycles. The predicted molar refractivity (Wildman–Crippen MR) is 121 cm³/mol. The molecule has 11 heteroatoms. The lowest BCUT2D eigenvalue weighted by Gasteiger charge is -2.33. The molecule has 0 radical (unpaired) electrons. The number of H-pyrrole nitrogens is 1. The Kier molecular flexibility index (Phi) is 4.75. The summed E-state index contributed by atoms with van der Waals surface area (Å²) in [5.74, 6) is 2.12. The number of rotatable bonds is 4. The Morgan fingerprint density at radius 1 is 1.15 bits per heavy atom. The van der Waals surface area contributed by atoms with Crippen LogP contribution in [0.3, 0.4) is 0 Å². The standard InChI is InChI=1S/C22H23N9O2/c1-14-13-33-10-9-29(14)22-26-20(15-4-5-17(23-11-15)30-8-2-3-19(30)32)16-12-25-31(21(16)27-22)18-6-7-24-28-18/h4-7,11-12,14H,2-3,8-10,13H2,1H3,(H,24,28)/t14-/m1/s1. The number of carbonyl (C=O) groups excluding carboxylic acids is 1. The maximum atomic E-state index is 12.1. The molecule has 11 nitrogen and oxygen atoms in total. The second-order valence-corrected chi connectivity index (χ2v) is 8.28. The van der Waals surface area contributed by atoms with Gasteiger partial charge >= 0.3 is 0 Å². The first-order valence-corrected chi connectivity index (χ1v) is 11.1. The number of nitrogens with one attached hydrogen (secondary N) is 1. The van der Waals surface area contributed by atoms with Crippen molar-refractivity contribution in [2.75, 3.05) is 36.1 Å². The van der Waals surface area contributed by atoms with E-state index in [1.807, 2.05) is 18.2 Å². The molecular weight excluding hydrogens is 422 g/mol. The van der Waals surface area contributed by atoms with E-state index in [1.165, 1.54) is 0 Å². The van der Waals surface area contributed by atoms with Crippen molar-refractivity contribution in [1.29, 1.82) is 0 Å². The van der Waals surface area contributed by atoms with Gasteiger partial charge in [-0.05, 0) is 25.5 Å². The van der Waals surface area contributed by atoms with E-state index in [0.29, 0.717) is 50.1 Å². The second kappa shape index (κ2) is 7.93. The van der Waals surface area contributed by atoms with Crippen LogP contribution in [0.4, 0.5) is 11.8 Å². The summed E-state index contributed by atoms with van der Waals surface area (Å²) in [5.41, 5.74) is 2.26. The maximum absolute atomic E-state index is 12.1. The van der Waals surface area contributed by atoms with Gasteiger partial charge in [0.25, 0.3) is 0 Å². The largest absolute Gasteiger partial charge is 0.377 e. The second-order valence-electron chi connectivity index (χ2n) is 8.28. The van der Waals surface area contributed by atoms with Crippen LogP contribution in [0, 0.1) is 0 Å². The summed E-state index contributed by atoms with van der Waals surface area (Å²) in [7, 11) is 0. The van der Waals surface area contributed by atoms with Crippen LogP contribution in [0.15, 0.2) is 36.8 Å². The molecule has 6 rings (SSSR count). The summed E-state index contributed by atoms with van der Waals surface area (Å²) in [5, 5.41) is 12.3. The number of carbonyl (C=O) groups is 1. The predicted octanol–water partition coefficient (Wildman–Crippen LogP) is 1.95. The first-order valence-electron chi connectivity index (χ1n) is 11.1. The van der Waals surface area contributed by atoms with Gasteiger partial charge in [-0.15, -0.1) is 0 Å². The highest BCUT2D eigenvalue weighted by molar-refractivity contribution is 5.95. The van der Waals surface area contributed by atoms with Gasteiger partial charge in [0.2, 0.25) is 11.9 Å². The zero-order valence-electron chi connectivity index (χ0n) is 18.2. The monoisotopic (exact) mass is 445 g/mol. The summed E-state index contributed by atoms with van der Waals surface area (Å²) in [6.07, 6.45) is 6.64. The van der Waals surface area contributed by atoms with Crippen LogP contribution in [0.5, 0.6) is 0 Å². The van der Waals surface area contributed by atoms with Crippen LogP contribution in [-0.4, -0.2) is 73.2 Å². The molecule has 0 bridgehead atoms. The number of hydrogen-bond donors (Lipinski definition) is 1. The summed E-state index contributed by atoms with van der Waals surface area (Å²) in [6, 6.07) is 5.82. The van der Waals surface area contributed by atoms with Gasteiger partial charge in [0.15, 0.2) is 11.5 Å². The van der Waals surface area contributed by atoms with Gasteiger partial charge in [-0.1, -0.05) is 0 Å². The number of nitrogens with zero attached hydrogens (tertiary/aromatic N) is 8. The Morgan fingerprint density at radius 2 is 2.09 bits per heavy atom. The fourth-order valence-electron chi connectivity index (χ4n) is 4.39. The van der Waals surface area contributed by atoms with E-state index in [4.69, 9.17) is 14.7 Å². The zero-order chi connectivity index (χ0) is 22.4. The van der Waals surface area contributed by atoms with E-state index in [9.17, 15) is 4.79 Å². The molecule has 0 saturated carbocycles. The number of anilines is 2. The number of morpholine rings is 1. The highest BCUT2D eigenvalue weighted by atomic mass is 16.5. The van der Waals surface area contributed by atoms with E-state index in [-0.39, 0.29) is 11.9 Å². The van der Waals surface area contributed by atoms with Crippen LogP contribution in [0.25, 0.3) is 28.1 Å². The summed E-state index contributed by atoms with van der Waals surface area (Å²) >= 11 is 0. The first-order chi connectivity index (χ1) is 16.2. The third-order valence-corrected chi connectivity index (χ3v) is 6.13. The van der Waals surface area contributed by atoms with E-state index in [0.717, 1.165) is 28.9 Å². The lowest BCUT2D eigenvalue weighted by molar-refractivity contribution is -0.117. The molecule has 0 aromatic carbocycles. The molecular formula is C22H23N9O2. The number of aromatic amines is 1. The Hall–Kier alpha value is -3.86. The molecule has 1 atom stereocenters. The average Bonchev–Trinajstić information content (AvgIpc) is 3.59. The first kappa shape index (κ1) is 19.8. The van der Waals surface area contributed by atoms with E-state index < -0.39 is 0 Å². The molecule has 0 unspecified atom stereocenters. The van der Waals surface area contributed by atoms with Crippen molar-refractivity contribution in [3.8, 4) is 17.1 Å². The molecule has 168 valence electrons. The zero-order valence-corrected chi connectivity index (χ0v) is 18.2. The van der Waals surface area contributed by atoms with Crippen molar-refractivity contribution >= 4 is 28.7 Å². The number of pyridine rings is 1. The maximum Gasteiger partial charge on any atom is 0.228 e. The number of hydrogen-bond acceptors (Lipinski definition) is 8. The van der Waals surface area contributed by atoms with Crippen LogP contribution in [0.2, 0.25) is 0 Å². The number of ether oxygens (including phenoxy) is 1. The normalized spacial score (nSPS) is 19.1. The van der Waals surface area contributed by atoms with Crippen molar-refractivity contribution in [2.45, 2.75) is 25.8 Å². The molecule has 6 heterocycles. The van der Waals surface area contributed by atoms with Crippen molar-refractivity contribution < 1.29 is 9.53 Å². The summed E-state index contributed by atoms with van der Waals surface area (Å²) < 4.78 is 7.33. The van der Waals surface area contributed by atoms with Crippen molar-refractivity contribution in [1.82, 2.24) is 34.9 Å². The molecule has 2 aliphatic heterocycles. The number of aromatic nitrogens is 7. The van der Waals surface area contributed by atoms with Crippen LogP contribution >= 0.6 is 0 Å². The van der Waals surface area contributed by atoms with E-state index in [2.05, 4.69) is 32.1 Å². The molecule has 1 N–H and O–H groups in total. The molecule has 33 heavy (non-hydrogen) atoms. The molecule has 2 aliphatic rings. The van der Waals surface area contributed by atoms with Gasteiger partial charge in [0.1, 0.15) is 5.82 Å². The lowest BCUT2D eigenvalue weighted by Crippen LogP contribution is -2.44. The third-order valence-electron chi connectivity index (χ3n) is 6.13. The van der Waals surface area contributed by atoms with Crippen LogP contribution in [-0.2, 0) is 9.53 Å². The van der Waals surface area contributed by atoms with Crippen LogP contribution in [0.1, 0.15) is 19.8 Å². The fourth-order valence-corrected chi connectivity index (χ4v) is 4.39. The molecule has 2 fully saturated rings. The van der Waals surface area contributed by atoms with Crippen molar-refractivity contribution in [2.24, 2.45) is 0 Å². The Balaban J connectivity index is 1.48. The summed E-state index contributed by atoms with van der Waals surface area (Å²) in [4.78, 5) is 30.4. The minimum absolute atomic E-state index is 0.115. The van der Waals surface area contributed by atoms with E-state index >= 15 is 0 Å². The third kappa shape index (κ3) is 3.41. The van der Waals surface area contributed by atoms with Crippen molar-refractivity contribution in [3.63, 3.8) is 0 Å². The topological polar surface area (TPSA) is 118 Å². The molecule has 4 aromatic rings. The number of amides is 1. The van der Waals surface area contributed by atoms with E-state index in [1.54, 1.807) is 28.2 Å². The van der Waals surface area contributed by atoms with Gasteiger partial charge in [-0.2, -0.15) is 19.9 Å². The van der Waals surface area contributed by atoms with Crippen LogP contribution < -0.4 is 9.80 Å². The summed E-state index contributed by atoms with van der Waals surface area (Å²) in [6.45, 7) is 4.76. The average molecular weight is 445 g/mol. The van der Waals surface area contributed by atoms with Gasteiger partial charge in [-0.25, -0.2) is 9.97 Å². The van der Waals surface area contributed by atoms with Gasteiger partial charge in [0.05, 0.1) is 42.7 Å². The SMILES string of the molecule is C[C@@H]1COCCN1c1nc(-c2ccc(N3CCCC3=O)nc2)c2cnn(-c3ccn[nH]3)c2n1. The highest BCUT2D eigenvalue weighted by Gasteiger charge is 2.26. The van der Waals surface area contributed by atoms with Crippen molar-refractivity contribution in [3.05, 3.63) is 36.8 Å². The quantitative estimate of drug-likeness (QED) is 0.506. The Labute approximate surface area is 189 Å². The van der Waals surface area contributed by atoms with Gasteiger partial charge < -0.3 is 9.64 Å².